The highest BCUT2D eigenvalue weighted by Crippen LogP contribution is 2.29. The second-order valence-corrected chi connectivity index (χ2v) is 6.79. The molecule has 0 radical (unpaired) electrons. The molecule has 0 aliphatic carbocycles. The van der Waals surface area contributed by atoms with Crippen molar-refractivity contribution in [3.63, 3.8) is 0 Å². The smallest absolute Gasteiger partial charge is 0.306 e. The highest BCUT2D eigenvalue weighted by Gasteiger charge is 2.21. The number of thioether (sulfide) groups is 1. The number of unbranched alkanes of at least 4 members (excludes halogenated alkanes) is 1. The van der Waals surface area contributed by atoms with E-state index >= 15 is 0 Å². The molecule has 4 heteroatoms. The number of esters is 1. The average molecular weight is 262 g/mol. The third-order valence-electron chi connectivity index (χ3n) is 2.35. The predicted octanol–water partition coefficient (Wildman–Crippen LogP) is 3.00. The first-order valence-corrected chi connectivity index (χ1v) is 7.33. The first kappa shape index (κ1) is 16.8. The van der Waals surface area contributed by atoms with Crippen molar-refractivity contribution < 1.29 is 14.6 Å². The Morgan fingerprint density at radius 1 is 1.47 bits per heavy atom. The van der Waals surface area contributed by atoms with Crippen LogP contribution in [0.25, 0.3) is 0 Å². The molecular weight excluding hydrogens is 236 g/mol. The quantitative estimate of drug-likeness (QED) is 0.512. The molecule has 0 aliphatic rings. The molecular formula is C13H26O3S. The first-order valence-electron chi connectivity index (χ1n) is 6.35. The van der Waals surface area contributed by atoms with E-state index in [9.17, 15) is 9.90 Å². The Balaban J connectivity index is 3.64. The zero-order valence-electron chi connectivity index (χ0n) is 11.5. The number of carbonyl (C=O) groups excluding carboxylic acids is 1. The van der Waals surface area contributed by atoms with Crippen molar-refractivity contribution in [3.8, 4) is 0 Å². The summed E-state index contributed by atoms with van der Waals surface area (Å²) in [4.78, 5) is 11.3. The molecule has 1 atom stereocenters. The van der Waals surface area contributed by atoms with Gasteiger partial charge in [-0.1, -0.05) is 27.2 Å². The van der Waals surface area contributed by atoms with E-state index < -0.39 is 0 Å². The second-order valence-electron chi connectivity index (χ2n) is 4.99. The summed E-state index contributed by atoms with van der Waals surface area (Å²) in [6, 6.07) is 0. The number of carbonyl (C=O) groups is 1. The summed E-state index contributed by atoms with van der Waals surface area (Å²) in [5, 5.41) is 9.33. The summed E-state index contributed by atoms with van der Waals surface area (Å²) in [6.45, 7) is 8.58. The molecule has 0 saturated heterocycles. The largest absolute Gasteiger partial charge is 0.466 e. The van der Waals surface area contributed by atoms with Gasteiger partial charge in [0.15, 0.2) is 0 Å². The van der Waals surface area contributed by atoms with E-state index in [1.807, 2.05) is 0 Å². The van der Waals surface area contributed by atoms with E-state index in [0.717, 1.165) is 25.0 Å². The van der Waals surface area contributed by atoms with E-state index in [2.05, 4.69) is 20.8 Å². The number of aliphatic hydroxyl groups excluding tert-OH is 1. The van der Waals surface area contributed by atoms with Crippen LogP contribution in [0.15, 0.2) is 0 Å². The fourth-order valence-corrected chi connectivity index (χ4v) is 2.76. The maximum atomic E-state index is 11.3. The normalized spacial score (nSPS) is 13.5. The van der Waals surface area contributed by atoms with Gasteiger partial charge in [-0.2, -0.15) is 11.8 Å². The Morgan fingerprint density at radius 3 is 2.65 bits per heavy atom. The van der Waals surface area contributed by atoms with Crippen molar-refractivity contribution in [1.29, 1.82) is 0 Å². The SMILES string of the molecule is CCCCOC(=O)CCSC(C)(C)CC(C)O. The molecule has 0 spiro atoms. The van der Waals surface area contributed by atoms with Crippen LogP contribution in [-0.2, 0) is 9.53 Å². The van der Waals surface area contributed by atoms with Crippen LogP contribution < -0.4 is 0 Å². The van der Waals surface area contributed by atoms with Crippen molar-refractivity contribution in [1.82, 2.24) is 0 Å². The molecule has 0 aliphatic heterocycles. The maximum Gasteiger partial charge on any atom is 0.306 e. The van der Waals surface area contributed by atoms with Crippen LogP contribution in [0.4, 0.5) is 0 Å². The standard InChI is InChI=1S/C13H26O3S/c1-5-6-8-16-12(15)7-9-17-13(3,4)10-11(2)14/h11,14H,5-10H2,1-4H3. The van der Waals surface area contributed by atoms with Gasteiger partial charge < -0.3 is 9.84 Å². The average Bonchev–Trinajstić information content (AvgIpc) is 2.15. The molecule has 0 aromatic carbocycles. The highest BCUT2D eigenvalue weighted by molar-refractivity contribution is 8.00. The van der Waals surface area contributed by atoms with E-state index in [1.165, 1.54) is 0 Å². The Kier molecular flexibility index (Phi) is 8.70. The fourth-order valence-electron chi connectivity index (χ4n) is 1.58. The van der Waals surface area contributed by atoms with Crippen LogP contribution in [0, 0.1) is 0 Å². The Bertz CT molecular complexity index is 215. The van der Waals surface area contributed by atoms with Crippen LogP contribution in [0.1, 0.15) is 53.4 Å². The van der Waals surface area contributed by atoms with Gasteiger partial charge in [-0.25, -0.2) is 0 Å². The number of hydrogen-bond donors (Lipinski definition) is 1. The molecule has 0 aromatic rings. The van der Waals surface area contributed by atoms with E-state index in [4.69, 9.17) is 4.74 Å². The molecule has 0 heterocycles. The lowest BCUT2D eigenvalue weighted by Gasteiger charge is -2.25. The zero-order valence-corrected chi connectivity index (χ0v) is 12.3. The molecule has 3 nitrogen and oxygen atoms in total. The summed E-state index contributed by atoms with van der Waals surface area (Å²) >= 11 is 1.71. The fraction of sp³-hybridized carbons (Fsp3) is 0.923. The Morgan fingerprint density at radius 2 is 2.12 bits per heavy atom. The van der Waals surface area contributed by atoms with E-state index in [0.29, 0.717) is 13.0 Å². The number of hydrogen-bond acceptors (Lipinski definition) is 4. The summed E-state index contributed by atoms with van der Waals surface area (Å²) in [6.07, 6.45) is 2.88. The van der Waals surface area contributed by atoms with Crippen LogP contribution in [0.5, 0.6) is 0 Å². The molecule has 0 amide bonds. The summed E-state index contributed by atoms with van der Waals surface area (Å²) in [5.41, 5.74) is 0. The van der Waals surface area contributed by atoms with Gasteiger partial charge in [0, 0.05) is 10.5 Å². The molecule has 0 saturated carbocycles. The van der Waals surface area contributed by atoms with Crippen molar-refractivity contribution >= 4 is 17.7 Å². The lowest BCUT2D eigenvalue weighted by atomic mass is 10.1. The van der Waals surface area contributed by atoms with Crippen LogP contribution in [0.3, 0.4) is 0 Å². The first-order chi connectivity index (χ1) is 7.87. The molecule has 102 valence electrons. The van der Waals surface area contributed by atoms with Gasteiger partial charge in [0.05, 0.1) is 19.1 Å². The van der Waals surface area contributed by atoms with Gasteiger partial charge in [-0.05, 0) is 19.8 Å². The second kappa shape index (κ2) is 8.81. The minimum absolute atomic E-state index is 0.0118. The zero-order chi connectivity index (χ0) is 13.3. The van der Waals surface area contributed by atoms with Gasteiger partial charge in [-0.15, -0.1) is 0 Å². The van der Waals surface area contributed by atoms with Crippen molar-refractivity contribution in [2.45, 2.75) is 64.2 Å². The summed E-state index contributed by atoms with van der Waals surface area (Å²) in [5.74, 6) is 0.642. The molecule has 17 heavy (non-hydrogen) atoms. The molecule has 1 unspecified atom stereocenters. The van der Waals surface area contributed by atoms with Gasteiger partial charge in [0.25, 0.3) is 0 Å². The van der Waals surface area contributed by atoms with Crippen molar-refractivity contribution in [3.05, 3.63) is 0 Å². The monoisotopic (exact) mass is 262 g/mol. The predicted molar refractivity (Wildman–Crippen MR) is 73.3 cm³/mol. The lowest BCUT2D eigenvalue weighted by molar-refractivity contribution is -0.143. The van der Waals surface area contributed by atoms with E-state index in [-0.39, 0.29) is 16.8 Å². The number of ether oxygens (including phenoxy) is 1. The summed E-state index contributed by atoms with van der Waals surface area (Å²) < 4.78 is 5.09. The molecule has 0 aromatic heterocycles. The van der Waals surface area contributed by atoms with Gasteiger partial charge >= 0.3 is 5.97 Å². The number of rotatable bonds is 9. The minimum atomic E-state index is -0.297. The highest BCUT2D eigenvalue weighted by atomic mass is 32.2. The maximum absolute atomic E-state index is 11.3. The van der Waals surface area contributed by atoms with Crippen LogP contribution in [-0.4, -0.2) is 34.3 Å². The Labute approximate surface area is 109 Å². The van der Waals surface area contributed by atoms with Gasteiger partial charge in [0.2, 0.25) is 0 Å². The van der Waals surface area contributed by atoms with Crippen LogP contribution in [0.2, 0.25) is 0 Å². The Hall–Kier alpha value is -0.220. The molecule has 0 bridgehead atoms. The van der Waals surface area contributed by atoms with Gasteiger partial charge in [0.1, 0.15) is 0 Å². The third kappa shape index (κ3) is 10.6. The topological polar surface area (TPSA) is 46.5 Å². The van der Waals surface area contributed by atoms with E-state index in [1.54, 1.807) is 18.7 Å². The van der Waals surface area contributed by atoms with Crippen LogP contribution >= 0.6 is 11.8 Å². The summed E-state index contributed by atoms with van der Waals surface area (Å²) in [7, 11) is 0. The third-order valence-corrected chi connectivity index (χ3v) is 3.70. The molecule has 1 N–H and O–H groups in total. The minimum Gasteiger partial charge on any atom is -0.466 e. The molecule has 0 rings (SSSR count). The van der Waals surface area contributed by atoms with Crippen molar-refractivity contribution in [2.75, 3.05) is 12.4 Å². The molecule has 0 fully saturated rings. The van der Waals surface area contributed by atoms with Crippen molar-refractivity contribution in [2.24, 2.45) is 0 Å². The van der Waals surface area contributed by atoms with Gasteiger partial charge in [-0.3, -0.25) is 4.79 Å². The number of aliphatic hydroxyl groups is 1. The lowest BCUT2D eigenvalue weighted by Crippen LogP contribution is -2.22.